The van der Waals surface area contributed by atoms with Gasteiger partial charge >= 0.3 is 0 Å². The van der Waals surface area contributed by atoms with E-state index in [1.54, 1.807) is 4.31 Å². The van der Waals surface area contributed by atoms with Gasteiger partial charge in [0.1, 0.15) is 0 Å². The van der Waals surface area contributed by atoms with Crippen LogP contribution in [0.1, 0.15) is 26.7 Å². The number of hydrogen-bond donors (Lipinski definition) is 1. The molecule has 2 atom stereocenters. The first-order valence-corrected chi connectivity index (χ1v) is 8.36. The van der Waals surface area contributed by atoms with Crippen molar-refractivity contribution in [3.63, 3.8) is 0 Å². The van der Waals surface area contributed by atoms with E-state index in [4.69, 9.17) is 0 Å². The predicted molar refractivity (Wildman–Crippen MR) is 76.5 cm³/mol. The maximum Gasteiger partial charge on any atom is 0.214 e. The lowest BCUT2D eigenvalue weighted by Crippen LogP contribution is -2.35. The lowest BCUT2D eigenvalue weighted by molar-refractivity contribution is 0.432. The Kier molecular flexibility index (Phi) is 5.90. The van der Waals surface area contributed by atoms with E-state index in [1.165, 1.54) is 0 Å². The van der Waals surface area contributed by atoms with Crippen molar-refractivity contribution in [3.8, 4) is 0 Å². The van der Waals surface area contributed by atoms with E-state index < -0.39 is 10.0 Å². The number of nitrogens with zero attached hydrogens (tertiary/aromatic N) is 1. The first kappa shape index (κ1) is 16.2. The zero-order valence-electron chi connectivity index (χ0n) is 11.3. The quantitative estimate of drug-likeness (QED) is 0.832. The molecule has 4 nitrogen and oxygen atoms in total. The minimum atomic E-state index is -3.02. The summed E-state index contributed by atoms with van der Waals surface area (Å²) in [7, 11) is -3.02. The second-order valence-electron chi connectivity index (χ2n) is 5.46. The Morgan fingerprint density at radius 2 is 1.67 bits per heavy atom. The molecule has 2 aliphatic heterocycles. The molecular weight excluding hydrogens is 272 g/mol. The molecule has 0 amide bonds. The Bertz CT molecular complexity index is 345. The molecule has 18 heavy (non-hydrogen) atoms. The van der Waals surface area contributed by atoms with Gasteiger partial charge in [-0.3, -0.25) is 0 Å². The molecule has 0 aromatic rings. The molecule has 1 N–H and O–H groups in total. The Morgan fingerprint density at radius 1 is 1.17 bits per heavy atom. The van der Waals surface area contributed by atoms with Gasteiger partial charge in [0.25, 0.3) is 0 Å². The van der Waals surface area contributed by atoms with E-state index in [9.17, 15) is 8.42 Å². The molecule has 0 aromatic heterocycles. The van der Waals surface area contributed by atoms with E-state index in [-0.39, 0.29) is 12.4 Å². The summed E-state index contributed by atoms with van der Waals surface area (Å²) < 4.78 is 26.3. The van der Waals surface area contributed by atoms with Crippen molar-refractivity contribution in [2.24, 2.45) is 17.8 Å². The van der Waals surface area contributed by atoms with Crippen LogP contribution >= 0.6 is 12.4 Å². The SMILES string of the molecule is CCC(CC)CS(=O)(=O)N1C[C@H]2CNC[C@H]2C1.Cl. The van der Waals surface area contributed by atoms with Gasteiger partial charge in [-0.15, -0.1) is 12.4 Å². The third-order valence-electron chi connectivity index (χ3n) is 4.35. The van der Waals surface area contributed by atoms with Crippen LogP contribution in [0.4, 0.5) is 0 Å². The fourth-order valence-corrected chi connectivity index (χ4v) is 5.08. The first-order valence-electron chi connectivity index (χ1n) is 6.75. The highest BCUT2D eigenvalue weighted by Crippen LogP contribution is 2.29. The third-order valence-corrected chi connectivity index (χ3v) is 6.33. The van der Waals surface area contributed by atoms with Crippen LogP contribution in [0.25, 0.3) is 0 Å². The van der Waals surface area contributed by atoms with Gasteiger partial charge in [-0.1, -0.05) is 26.7 Å². The molecule has 108 valence electrons. The maximum absolute atomic E-state index is 12.3. The standard InChI is InChI=1S/C12H24N2O2S.ClH/c1-3-10(4-2)9-17(15,16)14-7-11-5-13-6-12(11)8-14;/h10-13H,3-9H2,1-2H3;1H/t11-,12+;. The molecule has 2 heterocycles. The van der Waals surface area contributed by atoms with Gasteiger partial charge in [0.2, 0.25) is 10.0 Å². The molecule has 0 spiro atoms. The highest BCUT2D eigenvalue weighted by Gasteiger charge is 2.41. The smallest absolute Gasteiger partial charge is 0.214 e. The fraction of sp³-hybridized carbons (Fsp3) is 1.00. The Hall–Kier alpha value is 0.160. The van der Waals surface area contributed by atoms with Crippen molar-refractivity contribution < 1.29 is 8.42 Å². The van der Waals surface area contributed by atoms with E-state index in [1.807, 2.05) is 0 Å². The van der Waals surface area contributed by atoms with E-state index in [0.717, 1.165) is 39.0 Å². The monoisotopic (exact) mass is 296 g/mol. The highest BCUT2D eigenvalue weighted by atomic mass is 35.5. The molecule has 6 heteroatoms. The van der Waals surface area contributed by atoms with Crippen LogP contribution < -0.4 is 5.32 Å². The summed E-state index contributed by atoms with van der Waals surface area (Å²) in [5.74, 6) is 1.75. The largest absolute Gasteiger partial charge is 0.316 e. The Balaban J connectivity index is 0.00000162. The summed E-state index contributed by atoms with van der Waals surface area (Å²) in [6.07, 6.45) is 1.91. The van der Waals surface area contributed by atoms with Gasteiger partial charge in [-0.2, -0.15) is 0 Å². The molecule has 2 rings (SSSR count). The number of nitrogens with one attached hydrogen (secondary N) is 1. The molecular formula is C12H25ClN2O2S. The molecule has 0 radical (unpaired) electrons. The molecule has 0 bridgehead atoms. The number of sulfonamides is 1. The number of rotatable bonds is 5. The van der Waals surface area contributed by atoms with E-state index >= 15 is 0 Å². The number of hydrogen-bond acceptors (Lipinski definition) is 3. The van der Waals surface area contributed by atoms with Crippen molar-refractivity contribution in [1.82, 2.24) is 9.62 Å². The molecule has 2 aliphatic rings. The van der Waals surface area contributed by atoms with Crippen LogP contribution in [0, 0.1) is 17.8 Å². The summed E-state index contributed by atoms with van der Waals surface area (Å²) in [6.45, 7) is 7.60. The molecule has 0 aromatic carbocycles. The summed E-state index contributed by atoms with van der Waals surface area (Å²) in [4.78, 5) is 0. The van der Waals surface area contributed by atoms with E-state index in [2.05, 4.69) is 19.2 Å². The van der Waals surface area contributed by atoms with Crippen molar-refractivity contribution >= 4 is 22.4 Å². The van der Waals surface area contributed by atoms with Gasteiger partial charge in [-0.05, 0) is 30.8 Å². The van der Waals surface area contributed by atoms with Crippen molar-refractivity contribution in [2.45, 2.75) is 26.7 Å². The lowest BCUT2D eigenvalue weighted by Gasteiger charge is -2.20. The Morgan fingerprint density at radius 3 is 2.11 bits per heavy atom. The predicted octanol–water partition coefficient (Wildman–Crippen LogP) is 1.33. The minimum Gasteiger partial charge on any atom is -0.316 e. The summed E-state index contributed by atoms with van der Waals surface area (Å²) in [6, 6.07) is 0. The highest BCUT2D eigenvalue weighted by molar-refractivity contribution is 7.89. The summed E-state index contributed by atoms with van der Waals surface area (Å²) in [5.41, 5.74) is 0. The van der Waals surface area contributed by atoms with Gasteiger partial charge in [-0.25, -0.2) is 12.7 Å². The number of fused-ring (bicyclic) bond motifs is 1. The topological polar surface area (TPSA) is 49.4 Å². The average molecular weight is 297 g/mol. The molecule has 0 aliphatic carbocycles. The van der Waals surface area contributed by atoms with Gasteiger partial charge < -0.3 is 5.32 Å². The molecule has 0 unspecified atom stereocenters. The van der Waals surface area contributed by atoms with Crippen LogP contribution in [0.3, 0.4) is 0 Å². The normalized spacial score (nSPS) is 28.4. The van der Waals surface area contributed by atoms with Crippen LogP contribution in [0.15, 0.2) is 0 Å². The number of halogens is 1. The van der Waals surface area contributed by atoms with Crippen LogP contribution in [0.2, 0.25) is 0 Å². The lowest BCUT2D eigenvalue weighted by atomic mass is 10.0. The molecule has 0 saturated carbocycles. The third kappa shape index (κ3) is 3.38. The Labute approximate surface area is 117 Å². The van der Waals surface area contributed by atoms with Gasteiger partial charge in [0.15, 0.2) is 0 Å². The fourth-order valence-electron chi connectivity index (χ4n) is 2.97. The first-order chi connectivity index (χ1) is 8.06. The molecule has 2 saturated heterocycles. The zero-order valence-corrected chi connectivity index (χ0v) is 12.9. The second-order valence-corrected chi connectivity index (χ2v) is 7.47. The van der Waals surface area contributed by atoms with Crippen molar-refractivity contribution in [2.75, 3.05) is 31.9 Å². The minimum absolute atomic E-state index is 0. The summed E-state index contributed by atoms with van der Waals surface area (Å²) >= 11 is 0. The average Bonchev–Trinajstić information content (AvgIpc) is 2.85. The second kappa shape index (κ2) is 6.55. The maximum atomic E-state index is 12.3. The van der Waals surface area contributed by atoms with Crippen LogP contribution in [0.5, 0.6) is 0 Å². The summed E-state index contributed by atoms with van der Waals surface area (Å²) in [5, 5.41) is 3.34. The van der Waals surface area contributed by atoms with Crippen molar-refractivity contribution in [1.29, 1.82) is 0 Å². The van der Waals surface area contributed by atoms with Crippen LogP contribution in [-0.2, 0) is 10.0 Å². The van der Waals surface area contributed by atoms with Crippen molar-refractivity contribution in [3.05, 3.63) is 0 Å². The van der Waals surface area contributed by atoms with Gasteiger partial charge in [0.05, 0.1) is 5.75 Å². The van der Waals surface area contributed by atoms with Crippen LogP contribution in [-0.4, -0.2) is 44.7 Å². The van der Waals surface area contributed by atoms with E-state index in [0.29, 0.717) is 23.5 Å². The molecule has 2 fully saturated rings. The zero-order chi connectivity index (χ0) is 12.5. The van der Waals surface area contributed by atoms with Gasteiger partial charge in [0, 0.05) is 13.1 Å².